The molecule has 1 unspecified atom stereocenters. The third kappa shape index (κ3) is 2.79. The van der Waals surface area contributed by atoms with Crippen molar-refractivity contribution in [1.29, 1.82) is 0 Å². The van der Waals surface area contributed by atoms with Crippen LogP contribution in [0.2, 0.25) is 0 Å². The van der Waals surface area contributed by atoms with Crippen molar-refractivity contribution in [2.75, 3.05) is 6.54 Å². The van der Waals surface area contributed by atoms with Gasteiger partial charge in [0.2, 0.25) is 0 Å². The van der Waals surface area contributed by atoms with Crippen LogP contribution in [0.15, 0.2) is 0 Å². The Morgan fingerprint density at radius 2 is 2.11 bits per heavy atom. The predicted octanol–water partition coefficient (Wildman–Crippen LogP) is 0.663. The van der Waals surface area contributed by atoms with Gasteiger partial charge in [0.05, 0.1) is 6.42 Å². The summed E-state index contributed by atoms with van der Waals surface area (Å²) in [7, 11) is -3.41. The minimum absolute atomic E-state index is 0.283. The Morgan fingerprint density at radius 1 is 1.67 bits per heavy atom. The molecule has 0 aromatic rings. The zero-order chi connectivity index (χ0) is 7.49. The summed E-state index contributed by atoms with van der Waals surface area (Å²) in [5.41, 5.74) is 1.22. The zero-order valence-corrected chi connectivity index (χ0v) is 5.44. The molecule has 0 spiro atoms. The third-order valence-corrected chi connectivity index (χ3v) is 1.51. The molecule has 0 bridgehead atoms. The molecule has 0 amide bonds. The fourth-order valence-corrected chi connectivity index (χ4v) is 0.590. The molecule has 0 aromatic heterocycles. The van der Waals surface area contributed by atoms with Gasteiger partial charge in [-0.3, -0.25) is 0 Å². The Balaban J connectivity index is 3.85. The van der Waals surface area contributed by atoms with Gasteiger partial charge in [0.15, 0.2) is 0 Å². The van der Waals surface area contributed by atoms with Crippen LogP contribution in [0.4, 0.5) is 8.78 Å². The zero-order valence-electron chi connectivity index (χ0n) is 4.55. The van der Waals surface area contributed by atoms with Crippen LogP contribution in [-0.4, -0.2) is 17.1 Å². The summed E-state index contributed by atoms with van der Waals surface area (Å²) in [6.45, 7) is -0.283. The highest BCUT2D eigenvalue weighted by Crippen LogP contribution is 2.40. The van der Waals surface area contributed by atoms with E-state index in [2.05, 4.69) is 0 Å². The van der Waals surface area contributed by atoms with Crippen LogP contribution < -0.4 is 5.73 Å². The van der Waals surface area contributed by atoms with E-state index >= 15 is 0 Å². The molecule has 3 N–H and O–H groups in total. The normalized spacial score (nSPS) is 13.6. The minimum Gasteiger partial charge on any atom is -0.330 e. The lowest BCUT2D eigenvalue weighted by molar-refractivity contribution is 0.0763. The molecular formula is C3H7F2NO2P+. The lowest BCUT2D eigenvalue weighted by Crippen LogP contribution is -2.16. The van der Waals surface area contributed by atoms with Gasteiger partial charge in [0.25, 0.3) is 0 Å². The average Bonchev–Trinajstić information content (AvgIpc) is 1.65. The van der Waals surface area contributed by atoms with Crippen LogP contribution in [0.3, 0.4) is 0 Å². The summed E-state index contributed by atoms with van der Waals surface area (Å²) in [4.78, 5) is 7.91. The van der Waals surface area contributed by atoms with Gasteiger partial charge in [-0.25, -0.2) is 0 Å². The van der Waals surface area contributed by atoms with Crippen LogP contribution in [0.25, 0.3) is 0 Å². The average molecular weight is 158 g/mol. The number of hydrogen-bond donors (Lipinski definition) is 2. The number of halogens is 2. The lowest BCUT2D eigenvalue weighted by atomic mass is 10.4. The van der Waals surface area contributed by atoms with Crippen LogP contribution in [0, 0.1) is 0 Å². The highest BCUT2D eigenvalue weighted by Gasteiger charge is 2.50. The maximum Gasteiger partial charge on any atom is 0.583 e. The molecule has 0 saturated carbocycles. The number of nitrogens with two attached hydrogens (primary N) is 1. The van der Waals surface area contributed by atoms with E-state index in [1.54, 1.807) is 0 Å². The maximum atomic E-state index is 11.9. The first-order chi connectivity index (χ1) is 4.00. The third-order valence-electron chi connectivity index (χ3n) is 0.725. The van der Waals surface area contributed by atoms with Crippen molar-refractivity contribution in [1.82, 2.24) is 0 Å². The topological polar surface area (TPSA) is 63.3 Å². The fourth-order valence-electron chi connectivity index (χ4n) is 0.269. The molecule has 6 heteroatoms. The molecule has 0 saturated heterocycles. The van der Waals surface area contributed by atoms with Gasteiger partial charge >= 0.3 is 13.7 Å². The Hall–Kier alpha value is -0.120. The molecule has 54 valence electrons. The van der Waals surface area contributed by atoms with Crippen LogP contribution in [0.1, 0.15) is 6.42 Å². The second kappa shape index (κ2) is 3.15. The van der Waals surface area contributed by atoms with E-state index in [1.807, 2.05) is 0 Å². The second-order valence-corrected chi connectivity index (χ2v) is 2.68. The van der Waals surface area contributed by atoms with Gasteiger partial charge in [-0.2, -0.15) is 13.7 Å². The molecule has 0 aliphatic carbocycles. The van der Waals surface area contributed by atoms with E-state index in [0.29, 0.717) is 0 Å². The maximum absolute atomic E-state index is 11.9. The molecule has 1 atom stereocenters. The molecule has 0 aliphatic heterocycles. The Labute approximate surface area is 51.7 Å². The summed E-state index contributed by atoms with van der Waals surface area (Å²) < 4.78 is 33.6. The Morgan fingerprint density at radius 3 is 2.22 bits per heavy atom. The van der Waals surface area contributed by atoms with Gasteiger partial charge in [-0.05, 0) is 4.57 Å². The van der Waals surface area contributed by atoms with Gasteiger partial charge in [-0.1, -0.05) is 0 Å². The highest BCUT2D eigenvalue weighted by atomic mass is 31.1. The fraction of sp³-hybridized carbons (Fsp3) is 1.00. The van der Waals surface area contributed by atoms with Gasteiger partial charge < -0.3 is 5.73 Å². The van der Waals surface area contributed by atoms with Crippen molar-refractivity contribution in [3.05, 3.63) is 0 Å². The molecule has 0 aliphatic rings. The van der Waals surface area contributed by atoms with Gasteiger partial charge in [-0.15, -0.1) is 0 Å². The van der Waals surface area contributed by atoms with Crippen molar-refractivity contribution in [3.63, 3.8) is 0 Å². The molecule has 0 aromatic carbocycles. The summed E-state index contributed by atoms with van der Waals surface area (Å²) in [6, 6.07) is 0. The van der Waals surface area contributed by atoms with E-state index in [1.165, 1.54) is 0 Å². The summed E-state index contributed by atoms with van der Waals surface area (Å²) >= 11 is 0. The first kappa shape index (κ1) is 8.88. The number of hydrogen-bond acceptors (Lipinski definition) is 2. The number of alkyl halides is 2. The monoisotopic (exact) mass is 158 g/mol. The second-order valence-electron chi connectivity index (χ2n) is 1.48. The molecular weight excluding hydrogens is 151 g/mol. The van der Waals surface area contributed by atoms with Crippen LogP contribution in [0.5, 0.6) is 0 Å². The van der Waals surface area contributed by atoms with E-state index in [9.17, 15) is 13.3 Å². The van der Waals surface area contributed by atoms with Gasteiger partial charge in [0.1, 0.15) is 0 Å². The Kier molecular flexibility index (Phi) is 3.11. The lowest BCUT2D eigenvalue weighted by Gasteiger charge is -1.97. The minimum atomic E-state index is -3.51. The highest BCUT2D eigenvalue weighted by molar-refractivity contribution is 7.39. The smallest absolute Gasteiger partial charge is 0.330 e. The molecule has 9 heavy (non-hydrogen) atoms. The molecule has 0 heterocycles. The van der Waals surface area contributed by atoms with Crippen LogP contribution in [-0.2, 0) is 4.57 Å². The molecule has 0 radical (unpaired) electrons. The molecule has 0 rings (SSSR count). The van der Waals surface area contributed by atoms with Crippen molar-refractivity contribution in [2.24, 2.45) is 5.73 Å². The predicted molar refractivity (Wildman–Crippen MR) is 28.4 cm³/mol. The first-order valence-corrected chi connectivity index (χ1v) is 3.46. The van der Waals surface area contributed by atoms with Crippen molar-refractivity contribution in [3.8, 4) is 0 Å². The van der Waals surface area contributed by atoms with E-state index in [-0.39, 0.29) is 6.54 Å². The summed E-state index contributed by atoms with van der Waals surface area (Å²) in [5.74, 6) is 0. The summed E-state index contributed by atoms with van der Waals surface area (Å²) in [5, 5.41) is 0. The van der Waals surface area contributed by atoms with E-state index in [4.69, 9.17) is 10.6 Å². The molecule has 3 nitrogen and oxygen atoms in total. The first-order valence-electron chi connectivity index (χ1n) is 2.25. The quantitative estimate of drug-likeness (QED) is 0.593. The van der Waals surface area contributed by atoms with E-state index in [0.717, 1.165) is 0 Å². The van der Waals surface area contributed by atoms with Gasteiger partial charge in [0, 0.05) is 6.54 Å². The van der Waals surface area contributed by atoms with Crippen LogP contribution >= 0.6 is 8.03 Å². The van der Waals surface area contributed by atoms with Crippen molar-refractivity contribution in [2.45, 2.75) is 12.1 Å². The Bertz CT molecular complexity index is 118. The SMILES string of the molecule is NCCC(F)(F)[P+](=O)O. The summed E-state index contributed by atoms with van der Waals surface area (Å²) in [6.07, 6.45) is -0.737. The van der Waals surface area contributed by atoms with E-state index < -0.39 is 20.1 Å². The largest absolute Gasteiger partial charge is 0.583 e. The number of rotatable bonds is 3. The van der Waals surface area contributed by atoms with Crippen molar-refractivity contribution < 1.29 is 18.2 Å². The van der Waals surface area contributed by atoms with Crippen molar-refractivity contribution >= 4 is 8.03 Å². The molecule has 0 fully saturated rings. The standard InChI is InChI=1S/C3H6F2NO2P/c4-3(5,1-2-6)9(7)8/h1-2,6H2/p+1.